The molecule has 0 saturated heterocycles. The Kier molecular flexibility index (Phi) is 4.21. The molecule has 4 rings (SSSR count). The second kappa shape index (κ2) is 6.54. The first kappa shape index (κ1) is 16.7. The topological polar surface area (TPSA) is 54.2 Å². The van der Waals surface area contributed by atoms with Gasteiger partial charge in [0.1, 0.15) is 12.0 Å². The van der Waals surface area contributed by atoms with E-state index in [-0.39, 0.29) is 6.17 Å². The first-order chi connectivity index (χ1) is 12.5. The van der Waals surface area contributed by atoms with E-state index >= 15 is 0 Å². The minimum absolute atomic E-state index is 0.0989. The molecule has 0 fully saturated rings. The zero-order valence-electron chi connectivity index (χ0n) is 14.8. The fourth-order valence-corrected chi connectivity index (χ4v) is 3.63. The molecule has 3 N–H and O–H groups in total. The number of rotatable bonds is 3. The molecule has 1 aromatic heterocycles. The largest absolute Gasteiger partial charge is 0.384 e. The zero-order chi connectivity index (χ0) is 18.3. The number of pyridine rings is 1. The number of aromatic nitrogens is 1. The molecular formula is C21H21ClN4. The quantitative estimate of drug-likeness (QED) is 0.851. The van der Waals surface area contributed by atoms with Crippen molar-refractivity contribution >= 4 is 23.0 Å². The van der Waals surface area contributed by atoms with Gasteiger partial charge in [-0.3, -0.25) is 0 Å². The average Bonchev–Trinajstić information content (AvgIpc) is 2.91. The minimum Gasteiger partial charge on any atom is -0.384 e. The van der Waals surface area contributed by atoms with Crippen LogP contribution < -0.4 is 11.1 Å². The molecule has 1 atom stereocenters. The molecule has 0 amide bonds. The van der Waals surface area contributed by atoms with Crippen LogP contribution in [0.25, 0.3) is 5.57 Å². The van der Waals surface area contributed by atoms with Crippen molar-refractivity contribution in [3.63, 3.8) is 0 Å². The number of anilines is 1. The summed E-state index contributed by atoms with van der Waals surface area (Å²) in [5.41, 5.74) is 12.8. The van der Waals surface area contributed by atoms with Gasteiger partial charge in [0.2, 0.25) is 0 Å². The van der Waals surface area contributed by atoms with E-state index in [1.807, 2.05) is 36.5 Å². The minimum atomic E-state index is 0.0989. The van der Waals surface area contributed by atoms with Crippen LogP contribution >= 0.6 is 11.6 Å². The summed E-state index contributed by atoms with van der Waals surface area (Å²) >= 11 is 6.24. The van der Waals surface area contributed by atoms with Gasteiger partial charge in [-0.15, -0.1) is 0 Å². The fraction of sp³-hybridized carbons (Fsp3) is 0.190. The van der Waals surface area contributed by atoms with Crippen molar-refractivity contribution in [3.8, 4) is 0 Å². The molecule has 2 aliphatic rings. The third-order valence-electron chi connectivity index (χ3n) is 4.92. The lowest BCUT2D eigenvalue weighted by Crippen LogP contribution is -2.37. The molecule has 4 nitrogen and oxygen atoms in total. The molecule has 26 heavy (non-hydrogen) atoms. The van der Waals surface area contributed by atoms with E-state index in [2.05, 4.69) is 47.4 Å². The summed E-state index contributed by atoms with van der Waals surface area (Å²) in [5, 5.41) is 4.33. The second-order valence-corrected chi connectivity index (χ2v) is 7.18. The smallest absolute Gasteiger partial charge is 0.130 e. The standard InChI is InChI=1S/C21H21ClN4/c1-13-14(2)26-12-16(8-15-6-7-20(23)24-11-15)9-19(21(26)25-13)17-4-3-5-18(22)10-17/h3-7,9-12,21,25H,8H2,1-2H3,(H2,23,24). The molecule has 2 aromatic rings. The van der Waals surface area contributed by atoms with Crippen LogP contribution in [-0.4, -0.2) is 16.0 Å². The van der Waals surface area contributed by atoms with Crippen LogP contribution in [0.5, 0.6) is 0 Å². The molecule has 1 aromatic carbocycles. The van der Waals surface area contributed by atoms with Crippen LogP contribution in [0.4, 0.5) is 5.82 Å². The number of hydrogen-bond donors (Lipinski definition) is 2. The Morgan fingerprint density at radius 3 is 2.81 bits per heavy atom. The van der Waals surface area contributed by atoms with Gasteiger partial charge in [-0.25, -0.2) is 4.98 Å². The van der Waals surface area contributed by atoms with E-state index in [4.69, 9.17) is 17.3 Å². The van der Waals surface area contributed by atoms with Crippen molar-refractivity contribution in [2.45, 2.75) is 26.4 Å². The number of nitrogen functional groups attached to an aromatic ring is 1. The van der Waals surface area contributed by atoms with Gasteiger partial charge in [-0.05, 0) is 54.8 Å². The van der Waals surface area contributed by atoms with Gasteiger partial charge in [-0.2, -0.15) is 0 Å². The zero-order valence-corrected chi connectivity index (χ0v) is 15.6. The van der Waals surface area contributed by atoms with Crippen molar-refractivity contribution < 1.29 is 0 Å². The normalized spacial score (nSPS) is 19.0. The molecule has 0 bridgehead atoms. The van der Waals surface area contributed by atoms with E-state index in [1.54, 1.807) is 0 Å². The van der Waals surface area contributed by atoms with Gasteiger partial charge in [0, 0.05) is 40.8 Å². The highest BCUT2D eigenvalue weighted by Crippen LogP contribution is 2.36. The van der Waals surface area contributed by atoms with Crippen molar-refractivity contribution in [1.29, 1.82) is 0 Å². The summed E-state index contributed by atoms with van der Waals surface area (Å²) in [6.07, 6.45) is 7.20. The fourth-order valence-electron chi connectivity index (χ4n) is 3.44. The first-order valence-electron chi connectivity index (χ1n) is 8.62. The van der Waals surface area contributed by atoms with Crippen LogP contribution in [0.3, 0.4) is 0 Å². The van der Waals surface area contributed by atoms with E-state index in [0.29, 0.717) is 5.82 Å². The predicted molar refractivity (Wildman–Crippen MR) is 107 cm³/mol. The summed E-state index contributed by atoms with van der Waals surface area (Å²) < 4.78 is 0. The molecule has 132 valence electrons. The molecule has 0 radical (unpaired) electrons. The Morgan fingerprint density at radius 1 is 1.23 bits per heavy atom. The number of benzene rings is 1. The summed E-state index contributed by atoms with van der Waals surface area (Å²) in [4.78, 5) is 6.50. The summed E-state index contributed by atoms with van der Waals surface area (Å²) in [6, 6.07) is 11.9. The van der Waals surface area contributed by atoms with Gasteiger partial charge in [0.25, 0.3) is 0 Å². The third kappa shape index (κ3) is 3.08. The van der Waals surface area contributed by atoms with Crippen molar-refractivity contribution in [1.82, 2.24) is 15.2 Å². The summed E-state index contributed by atoms with van der Waals surface area (Å²) in [6.45, 7) is 4.25. The lowest BCUT2D eigenvalue weighted by Gasteiger charge is -2.32. The van der Waals surface area contributed by atoms with E-state index in [1.165, 1.54) is 22.5 Å². The van der Waals surface area contributed by atoms with E-state index < -0.39 is 0 Å². The van der Waals surface area contributed by atoms with E-state index in [0.717, 1.165) is 22.6 Å². The molecule has 2 aliphatic heterocycles. The molecule has 0 spiro atoms. The van der Waals surface area contributed by atoms with Gasteiger partial charge >= 0.3 is 0 Å². The predicted octanol–water partition coefficient (Wildman–Crippen LogP) is 4.32. The molecule has 0 aliphatic carbocycles. The highest BCUT2D eigenvalue weighted by molar-refractivity contribution is 6.30. The molecule has 5 heteroatoms. The van der Waals surface area contributed by atoms with Crippen LogP contribution in [0.1, 0.15) is 25.0 Å². The van der Waals surface area contributed by atoms with Gasteiger partial charge < -0.3 is 16.0 Å². The number of nitrogens with zero attached hydrogens (tertiary/aromatic N) is 2. The number of halogens is 1. The lowest BCUT2D eigenvalue weighted by molar-refractivity contribution is 0.407. The Labute approximate surface area is 158 Å². The maximum atomic E-state index is 6.24. The highest BCUT2D eigenvalue weighted by atomic mass is 35.5. The molecule has 0 saturated carbocycles. The first-order valence-corrected chi connectivity index (χ1v) is 9.00. The van der Waals surface area contributed by atoms with Gasteiger partial charge in [0.05, 0.1) is 0 Å². The summed E-state index contributed by atoms with van der Waals surface area (Å²) in [7, 11) is 0. The number of fused-ring (bicyclic) bond motifs is 1. The Balaban J connectivity index is 1.73. The maximum Gasteiger partial charge on any atom is 0.130 e. The second-order valence-electron chi connectivity index (χ2n) is 6.75. The third-order valence-corrected chi connectivity index (χ3v) is 5.15. The Bertz CT molecular complexity index is 941. The Hall–Kier alpha value is -2.72. The molecule has 3 heterocycles. The van der Waals surface area contributed by atoms with Gasteiger partial charge in [0.15, 0.2) is 0 Å². The van der Waals surface area contributed by atoms with Gasteiger partial charge in [-0.1, -0.05) is 29.8 Å². The van der Waals surface area contributed by atoms with Crippen LogP contribution in [0.15, 0.2) is 71.8 Å². The monoisotopic (exact) mass is 364 g/mol. The lowest BCUT2D eigenvalue weighted by atomic mass is 9.94. The summed E-state index contributed by atoms with van der Waals surface area (Å²) in [5.74, 6) is 0.541. The number of allylic oxidation sites excluding steroid dienone is 4. The maximum absolute atomic E-state index is 6.24. The van der Waals surface area contributed by atoms with Crippen LogP contribution in [0, 0.1) is 0 Å². The van der Waals surface area contributed by atoms with Crippen molar-refractivity contribution in [2.24, 2.45) is 0 Å². The van der Waals surface area contributed by atoms with Crippen LogP contribution in [-0.2, 0) is 6.42 Å². The average molecular weight is 365 g/mol. The number of nitrogens with one attached hydrogen (secondary N) is 1. The van der Waals surface area contributed by atoms with Crippen molar-refractivity contribution in [2.75, 3.05) is 5.73 Å². The molecule has 1 unspecified atom stereocenters. The highest BCUT2D eigenvalue weighted by Gasteiger charge is 2.32. The number of hydrogen-bond acceptors (Lipinski definition) is 4. The van der Waals surface area contributed by atoms with E-state index in [9.17, 15) is 0 Å². The SMILES string of the molecule is CC1=C(C)N2C=C(Cc3ccc(N)nc3)C=C(c3cccc(Cl)c3)C2N1. The van der Waals surface area contributed by atoms with Crippen LogP contribution in [0.2, 0.25) is 5.02 Å². The molecular weight excluding hydrogens is 344 g/mol. The van der Waals surface area contributed by atoms with Crippen molar-refractivity contribution in [3.05, 3.63) is 88.0 Å². The Morgan fingerprint density at radius 2 is 2.08 bits per heavy atom. The number of nitrogens with two attached hydrogens (primary N) is 1.